The Morgan fingerprint density at radius 3 is 2.88 bits per heavy atom. The van der Waals surface area contributed by atoms with Crippen molar-refractivity contribution in [2.45, 2.75) is 38.6 Å². The van der Waals surface area contributed by atoms with Crippen molar-refractivity contribution in [3.05, 3.63) is 46.7 Å². The van der Waals surface area contributed by atoms with Crippen molar-refractivity contribution in [1.82, 2.24) is 20.3 Å². The lowest BCUT2D eigenvalue weighted by molar-refractivity contribution is -0.123. The fourth-order valence-electron chi connectivity index (χ4n) is 3.11. The summed E-state index contributed by atoms with van der Waals surface area (Å²) in [5.74, 6) is 0.756. The van der Waals surface area contributed by atoms with E-state index in [4.69, 9.17) is 4.52 Å². The molecular formula is C18H20N4O2S. The standard InChI is InChI=1S/C18H20N4O2S/c1-12-10-13(2)22(20-12)8-7-19-17(23)18(5-6-18)16-11-14(24-21-16)15-4-3-9-25-15/h3-4,9-11H,5-8H2,1-2H3,(H,19,23). The molecular weight excluding hydrogens is 336 g/mol. The molecule has 3 aromatic rings. The zero-order valence-corrected chi connectivity index (χ0v) is 15.1. The number of hydrogen-bond donors (Lipinski definition) is 1. The van der Waals surface area contributed by atoms with Crippen LogP contribution in [0.15, 0.2) is 34.2 Å². The van der Waals surface area contributed by atoms with Crippen LogP contribution in [0.5, 0.6) is 0 Å². The first-order chi connectivity index (χ1) is 12.1. The number of thiophene rings is 1. The highest BCUT2D eigenvalue weighted by atomic mass is 32.1. The number of aryl methyl sites for hydroxylation is 2. The van der Waals surface area contributed by atoms with E-state index >= 15 is 0 Å². The molecule has 25 heavy (non-hydrogen) atoms. The monoisotopic (exact) mass is 356 g/mol. The van der Waals surface area contributed by atoms with E-state index in [1.807, 2.05) is 48.2 Å². The lowest BCUT2D eigenvalue weighted by atomic mass is 10.0. The summed E-state index contributed by atoms with van der Waals surface area (Å²) in [7, 11) is 0. The second kappa shape index (κ2) is 6.15. The van der Waals surface area contributed by atoms with Crippen molar-refractivity contribution < 1.29 is 9.32 Å². The second-order valence-electron chi connectivity index (χ2n) is 6.54. The summed E-state index contributed by atoms with van der Waals surface area (Å²) in [5.41, 5.74) is 2.31. The maximum absolute atomic E-state index is 12.7. The summed E-state index contributed by atoms with van der Waals surface area (Å²) in [5, 5.41) is 13.6. The summed E-state index contributed by atoms with van der Waals surface area (Å²) in [6.07, 6.45) is 1.63. The van der Waals surface area contributed by atoms with Crippen LogP contribution in [0.2, 0.25) is 0 Å². The molecule has 0 bridgehead atoms. The van der Waals surface area contributed by atoms with E-state index in [0.717, 1.165) is 40.6 Å². The van der Waals surface area contributed by atoms with Crippen LogP contribution in [0.3, 0.4) is 0 Å². The molecule has 4 rings (SSSR count). The van der Waals surface area contributed by atoms with Crippen molar-refractivity contribution in [1.29, 1.82) is 0 Å². The van der Waals surface area contributed by atoms with E-state index in [1.54, 1.807) is 11.3 Å². The molecule has 0 unspecified atom stereocenters. The molecule has 1 fully saturated rings. The van der Waals surface area contributed by atoms with Gasteiger partial charge in [0.05, 0.1) is 28.2 Å². The van der Waals surface area contributed by atoms with E-state index in [2.05, 4.69) is 15.6 Å². The first kappa shape index (κ1) is 16.1. The quantitative estimate of drug-likeness (QED) is 0.737. The van der Waals surface area contributed by atoms with Crippen LogP contribution in [0.1, 0.15) is 29.9 Å². The molecule has 1 saturated carbocycles. The topological polar surface area (TPSA) is 73.0 Å². The number of nitrogens with zero attached hydrogens (tertiary/aromatic N) is 3. The van der Waals surface area contributed by atoms with Gasteiger partial charge in [0.25, 0.3) is 0 Å². The Kier molecular flexibility index (Phi) is 3.95. The largest absolute Gasteiger partial charge is 0.355 e. The minimum Gasteiger partial charge on any atom is -0.355 e. The van der Waals surface area contributed by atoms with E-state index in [0.29, 0.717) is 13.1 Å². The molecule has 0 atom stereocenters. The fraction of sp³-hybridized carbons (Fsp3) is 0.389. The smallest absolute Gasteiger partial charge is 0.232 e. The molecule has 1 N–H and O–H groups in total. The van der Waals surface area contributed by atoms with E-state index in [-0.39, 0.29) is 5.91 Å². The Labute approximate surface area is 149 Å². The second-order valence-corrected chi connectivity index (χ2v) is 7.49. The molecule has 1 aliphatic rings. The van der Waals surface area contributed by atoms with Crippen LogP contribution in [0, 0.1) is 13.8 Å². The van der Waals surface area contributed by atoms with Gasteiger partial charge in [0.15, 0.2) is 5.76 Å². The molecule has 0 aromatic carbocycles. The maximum atomic E-state index is 12.7. The van der Waals surface area contributed by atoms with Crippen molar-refractivity contribution >= 4 is 17.2 Å². The number of carbonyl (C=O) groups excluding carboxylic acids is 1. The minimum atomic E-state index is -0.520. The van der Waals surface area contributed by atoms with E-state index < -0.39 is 5.41 Å². The number of carbonyl (C=O) groups is 1. The summed E-state index contributed by atoms with van der Waals surface area (Å²) < 4.78 is 7.36. The summed E-state index contributed by atoms with van der Waals surface area (Å²) in [6.45, 7) is 5.21. The highest BCUT2D eigenvalue weighted by Gasteiger charge is 2.53. The van der Waals surface area contributed by atoms with Crippen molar-refractivity contribution in [3.8, 4) is 10.6 Å². The van der Waals surface area contributed by atoms with Gasteiger partial charge in [-0.2, -0.15) is 5.10 Å². The Morgan fingerprint density at radius 1 is 1.40 bits per heavy atom. The molecule has 0 saturated heterocycles. The molecule has 3 heterocycles. The summed E-state index contributed by atoms with van der Waals surface area (Å²) >= 11 is 1.60. The van der Waals surface area contributed by atoms with Gasteiger partial charge in [0.1, 0.15) is 0 Å². The van der Waals surface area contributed by atoms with Gasteiger partial charge < -0.3 is 9.84 Å². The lowest BCUT2D eigenvalue weighted by Crippen LogP contribution is -2.37. The van der Waals surface area contributed by atoms with Gasteiger partial charge in [-0.1, -0.05) is 11.2 Å². The molecule has 7 heteroatoms. The zero-order valence-electron chi connectivity index (χ0n) is 14.3. The predicted octanol–water partition coefficient (Wildman–Crippen LogP) is 3.06. The highest BCUT2D eigenvalue weighted by Crippen LogP contribution is 2.48. The Hall–Kier alpha value is -2.41. The number of amides is 1. The van der Waals surface area contributed by atoms with Gasteiger partial charge in [-0.25, -0.2) is 0 Å². The summed E-state index contributed by atoms with van der Waals surface area (Å²) in [6, 6.07) is 7.90. The Morgan fingerprint density at radius 2 is 2.24 bits per heavy atom. The molecule has 1 amide bonds. The molecule has 130 valence electrons. The Balaban J connectivity index is 1.40. The number of aromatic nitrogens is 3. The van der Waals surface area contributed by atoms with Gasteiger partial charge in [-0.3, -0.25) is 9.48 Å². The number of nitrogens with one attached hydrogen (secondary N) is 1. The van der Waals surface area contributed by atoms with Crippen LogP contribution < -0.4 is 5.32 Å². The van der Waals surface area contributed by atoms with Gasteiger partial charge in [-0.15, -0.1) is 11.3 Å². The molecule has 0 aliphatic heterocycles. The maximum Gasteiger partial charge on any atom is 0.232 e. The third kappa shape index (κ3) is 3.00. The van der Waals surface area contributed by atoms with Crippen molar-refractivity contribution in [3.63, 3.8) is 0 Å². The van der Waals surface area contributed by atoms with Gasteiger partial charge in [0, 0.05) is 18.3 Å². The molecule has 1 aliphatic carbocycles. The molecule has 0 spiro atoms. The SMILES string of the molecule is Cc1cc(C)n(CCNC(=O)C2(c3cc(-c4cccs4)on3)CC2)n1. The number of rotatable bonds is 6. The van der Waals surface area contributed by atoms with Gasteiger partial charge in [-0.05, 0) is 44.2 Å². The third-order valence-electron chi connectivity index (χ3n) is 4.66. The number of hydrogen-bond acceptors (Lipinski definition) is 5. The van der Waals surface area contributed by atoms with Gasteiger partial charge >= 0.3 is 0 Å². The predicted molar refractivity (Wildman–Crippen MR) is 95.4 cm³/mol. The highest BCUT2D eigenvalue weighted by molar-refractivity contribution is 7.13. The van der Waals surface area contributed by atoms with Crippen LogP contribution in [0.25, 0.3) is 10.6 Å². The first-order valence-corrected chi connectivity index (χ1v) is 9.27. The molecule has 6 nitrogen and oxygen atoms in total. The normalized spacial score (nSPS) is 15.3. The minimum absolute atomic E-state index is 0.0278. The van der Waals surface area contributed by atoms with Crippen LogP contribution >= 0.6 is 11.3 Å². The average Bonchev–Trinajstić information content (AvgIpc) is 2.96. The fourth-order valence-corrected chi connectivity index (χ4v) is 3.78. The van der Waals surface area contributed by atoms with Crippen LogP contribution in [-0.4, -0.2) is 27.4 Å². The Bertz CT molecular complexity index is 890. The van der Waals surface area contributed by atoms with Crippen LogP contribution in [-0.2, 0) is 16.8 Å². The van der Waals surface area contributed by atoms with E-state index in [9.17, 15) is 4.79 Å². The summed E-state index contributed by atoms with van der Waals surface area (Å²) in [4.78, 5) is 13.7. The average molecular weight is 356 g/mol. The molecule has 0 radical (unpaired) electrons. The first-order valence-electron chi connectivity index (χ1n) is 8.39. The van der Waals surface area contributed by atoms with Crippen LogP contribution in [0.4, 0.5) is 0 Å². The van der Waals surface area contributed by atoms with Crippen molar-refractivity contribution in [2.75, 3.05) is 6.54 Å². The third-order valence-corrected chi connectivity index (χ3v) is 5.55. The molecule has 3 aromatic heterocycles. The lowest BCUT2D eigenvalue weighted by Gasteiger charge is -2.12. The van der Waals surface area contributed by atoms with E-state index in [1.165, 1.54) is 0 Å². The zero-order chi connectivity index (χ0) is 17.4. The van der Waals surface area contributed by atoms with Gasteiger partial charge in [0.2, 0.25) is 5.91 Å². The van der Waals surface area contributed by atoms with Crippen molar-refractivity contribution in [2.24, 2.45) is 0 Å².